The van der Waals surface area contributed by atoms with Gasteiger partial charge in [-0.25, -0.2) is 4.98 Å². The third kappa shape index (κ3) is 3.11. The minimum Gasteiger partial charge on any atom is -0.371 e. The Hall–Kier alpha value is -0.450. The molecule has 18 heavy (non-hydrogen) atoms. The van der Waals surface area contributed by atoms with Crippen LogP contribution in [0.2, 0.25) is 0 Å². The van der Waals surface area contributed by atoms with Crippen molar-refractivity contribution < 1.29 is 4.74 Å². The van der Waals surface area contributed by atoms with Gasteiger partial charge in [0.2, 0.25) is 0 Å². The molecular formula is C14H24N2OS. The van der Waals surface area contributed by atoms with E-state index in [1.807, 2.05) is 24.6 Å². The van der Waals surface area contributed by atoms with Crippen molar-refractivity contribution in [3.63, 3.8) is 0 Å². The maximum Gasteiger partial charge on any atom is 0.125 e. The SMILES string of the molecule is CCCNCc1cnc(C2(OC)CCCCC2)s1. The third-order valence-corrected chi connectivity index (χ3v) is 4.90. The summed E-state index contributed by atoms with van der Waals surface area (Å²) in [5.74, 6) is 0. The van der Waals surface area contributed by atoms with Gasteiger partial charge >= 0.3 is 0 Å². The molecule has 1 heterocycles. The summed E-state index contributed by atoms with van der Waals surface area (Å²) in [7, 11) is 1.84. The van der Waals surface area contributed by atoms with Crippen molar-refractivity contribution in [1.29, 1.82) is 0 Å². The van der Waals surface area contributed by atoms with Gasteiger partial charge in [-0.2, -0.15) is 0 Å². The van der Waals surface area contributed by atoms with Gasteiger partial charge in [-0.15, -0.1) is 11.3 Å². The average Bonchev–Trinajstić information content (AvgIpc) is 2.89. The summed E-state index contributed by atoms with van der Waals surface area (Å²) in [6.07, 6.45) is 9.29. The fraction of sp³-hybridized carbons (Fsp3) is 0.786. The zero-order chi connectivity index (χ0) is 12.8. The van der Waals surface area contributed by atoms with Crippen LogP contribution in [0.25, 0.3) is 0 Å². The second-order valence-electron chi connectivity index (χ2n) is 5.07. The molecule has 1 aliphatic rings. The molecule has 0 unspecified atom stereocenters. The summed E-state index contributed by atoms with van der Waals surface area (Å²) in [4.78, 5) is 5.93. The number of aromatic nitrogens is 1. The van der Waals surface area contributed by atoms with E-state index in [0.717, 1.165) is 25.9 Å². The molecule has 0 radical (unpaired) electrons. The predicted molar refractivity (Wildman–Crippen MR) is 75.9 cm³/mol. The fourth-order valence-corrected chi connectivity index (χ4v) is 3.72. The van der Waals surface area contributed by atoms with Gasteiger partial charge < -0.3 is 10.1 Å². The lowest BCUT2D eigenvalue weighted by Crippen LogP contribution is -2.30. The molecule has 0 bridgehead atoms. The van der Waals surface area contributed by atoms with Crippen molar-refractivity contribution in [3.8, 4) is 0 Å². The van der Waals surface area contributed by atoms with E-state index in [1.165, 1.54) is 35.6 Å². The zero-order valence-corrected chi connectivity index (χ0v) is 12.3. The number of rotatable bonds is 6. The molecule has 0 saturated heterocycles. The van der Waals surface area contributed by atoms with E-state index < -0.39 is 0 Å². The fourth-order valence-electron chi connectivity index (χ4n) is 2.62. The normalized spacial score (nSPS) is 19.0. The van der Waals surface area contributed by atoms with Crippen LogP contribution in [0.3, 0.4) is 0 Å². The lowest BCUT2D eigenvalue weighted by molar-refractivity contribution is -0.0446. The molecule has 2 rings (SSSR count). The van der Waals surface area contributed by atoms with Gasteiger partial charge in [0, 0.05) is 24.7 Å². The van der Waals surface area contributed by atoms with E-state index in [2.05, 4.69) is 17.2 Å². The molecule has 0 amide bonds. The minimum atomic E-state index is -0.0913. The summed E-state index contributed by atoms with van der Waals surface area (Å²) >= 11 is 1.81. The molecule has 1 aliphatic carbocycles. The molecule has 0 spiro atoms. The van der Waals surface area contributed by atoms with Crippen molar-refractivity contribution in [1.82, 2.24) is 10.3 Å². The van der Waals surface area contributed by atoms with E-state index in [-0.39, 0.29) is 5.60 Å². The number of nitrogens with zero attached hydrogens (tertiary/aromatic N) is 1. The van der Waals surface area contributed by atoms with Gasteiger partial charge in [-0.1, -0.05) is 26.2 Å². The second kappa shape index (κ2) is 6.64. The standard InChI is InChI=1S/C14H24N2OS/c1-3-9-15-10-12-11-16-13(18-12)14(17-2)7-5-4-6-8-14/h11,15H,3-10H2,1-2H3. The molecule has 0 aliphatic heterocycles. The van der Waals surface area contributed by atoms with Crippen molar-refractivity contribution in [2.45, 2.75) is 57.6 Å². The van der Waals surface area contributed by atoms with E-state index >= 15 is 0 Å². The van der Waals surface area contributed by atoms with Crippen molar-refractivity contribution >= 4 is 11.3 Å². The highest BCUT2D eigenvalue weighted by Gasteiger charge is 2.36. The smallest absolute Gasteiger partial charge is 0.125 e. The highest BCUT2D eigenvalue weighted by atomic mass is 32.1. The van der Waals surface area contributed by atoms with Gasteiger partial charge in [0.25, 0.3) is 0 Å². The van der Waals surface area contributed by atoms with Crippen LogP contribution in [0, 0.1) is 0 Å². The first-order valence-corrected chi connectivity index (χ1v) is 7.83. The second-order valence-corrected chi connectivity index (χ2v) is 6.18. The van der Waals surface area contributed by atoms with Crippen molar-refractivity contribution in [3.05, 3.63) is 16.1 Å². The van der Waals surface area contributed by atoms with Crippen LogP contribution in [0.15, 0.2) is 6.20 Å². The molecule has 0 atom stereocenters. The van der Waals surface area contributed by atoms with Crippen molar-refractivity contribution in [2.75, 3.05) is 13.7 Å². The monoisotopic (exact) mass is 268 g/mol. The molecule has 1 aromatic rings. The van der Waals surface area contributed by atoms with Crippen LogP contribution >= 0.6 is 11.3 Å². The van der Waals surface area contributed by atoms with E-state index in [4.69, 9.17) is 4.74 Å². The Kier molecular flexibility index (Phi) is 5.15. The first-order chi connectivity index (χ1) is 8.80. The topological polar surface area (TPSA) is 34.2 Å². The van der Waals surface area contributed by atoms with Gasteiger partial charge in [-0.05, 0) is 25.8 Å². The molecule has 1 fully saturated rings. The van der Waals surface area contributed by atoms with E-state index in [1.54, 1.807) is 0 Å². The Balaban J connectivity index is 2.02. The number of thiazole rings is 1. The summed E-state index contributed by atoms with van der Waals surface area (Å²) < 4.78 is 5.83. The van der Waals surface area contributed by atoms with Crippen LogP contribution < -0.4 is 5.32 Å². The summed E-state index contributed by atoms with van der Waals surface area (Å²) in [6.45, 7) is 4.20. The Morgan fingerprint density at radius 1 is 1.39 bits per heavy atom. The molecule has 4 heteroatoms. The van der Waals surface area contributed by atoms with Crippen LogP contribution in [-0.4, -0.2) is 18.6 Å². The van der Waals surface area contributed by atoms with Crippen LogP contribution in [0.4, 0.5) is 0 Å². The zero-order valence-electron chi connectivity index (χ0n) is 11.5. The number of methoxy groups -OCH3 is 1. The third-order valence-electron chi connectivity index (χ3n) is 3.72. The number of nitrogens with one attached hydrogen (secondary N) is 1. The van der Waals surface area contributed by atoms with E-state index in [0.29, 0.717) is 0 Å². The highest BCUT2D eigenvalue weighted by molar-refractivity contribution is 7.11. The number of hydrogen-bond donors (Lipinski definition) is 1. The molecular weight excluding hydrogens is 244 g/mol. The lowest BCUT2D eigenvalue weighted by atomic mass is 9.85. The molecule has 1 saturated carbocycles. The maximum absolute atomic E-state index is 5.83. The molecule has 3 nitrogen and oxygen atoms in total. The van der Waals surface area contributed by atoms with Crippen molar-refractivity contribution in [2.24, 2.45) is 0 Å². The Morgan fingerprint density at radius 3 is 2.83 bits per heavy atom. The summed E-state index contributed by atoms with van der Waals surface area (Å²) in [5.41, 5.74) is -0.0913. The van der Waals surface area contributed by atoms with Gasteiger partial charge in [0.05, 0.1) is 0 Å². The Bertz CT molecular complexity index is 358. The quantitative estimate of drug-likeness (QED) is 0.802. The van der Waals surface area contributed by atoms with Crippen LogP contribution in [0.1, 0.15) is 55.3 Å². The maximum atomic E-state index is 5.83. The molecule has 102 valence electrons. The number of ether oxygens (including phenoxy) is 1. The first kappa shape index (κ1) is 14.0. The highest BCUT2D eigenvalue weighted by Crippen LogP contribution is 2.41. The van der Waals surface area contributed by atoms with Gasteiger partial charge in [-0.3, -0.25) is 0 Å². The van der Waals surface area contributed by atoms with Crippen LogP contribution in [0.5, 0.6) is 0 Å². The van der Waals surface area contributed by atoms with Gasteiger partial charge in [0.1, 0.15) is 10.6 Å². The van der Waals surface area contributed by atoms with Crippen LogP contribution in [-0.2, 0) is 16.9 Å². The largest absolute Gasteiger partial charge is 0.371 e. The average molecular weight is 268 g/mol. The van der Waals surface area contributed by atoms with Gasteiger partial charge in [0.15, 0.2) is 0 Å². The Morgan fingerprint density at radius 2 is 2.17 bits per heavy atom. The first-order valence-electron chi connectivity index (χ1n) is 7.02. The predicted octanol–water partition coefficient (Wildman–Crippen LogP) is 3.45. The Labute approximate surface area is 114 Å². The summed E-state index contributed by atoms with van der Waals surface area (Å²) in [6, 6.07) is 0. The molecule has 0 aromatic carbocycles. The summed E-state index contributed by atoms with van der Waals surface area (Å²) in [5, 5.41) is 4.61. The van der Waals surface area contributed by atoms with E-state index in [9.17, 15) is 0 Å². The molecule has 1 N–H and O–H groups in total. The number of hydrogen-bond acceptors (Lipinski definition) is 4. The minimum absolute atomic E-state index is 0.0913. The molecule has 1 aromatic heterocycles. The lowest BCUT2D eigenvalue weighted by Gasteiger charge is -2.34.